The van der Waals surface area contributed by atoms with Gasteiger partial charge in [-0.3, -0.25) is 0 Å². The van der Waals surface area contributed by atoms with Gasteiger partial charge in [0.05, 0.1) is 7.11 Å². The Hall–Kier alpha value is -1.02. The minimum Gasteiger partial charge on any atom is -0.497 e. The zero-order valence-electron chi connectivity index (χ0n) is 13.1. The Labute approximate surface area is 124 Å². The topological polar surface area (TPSA) is 12.5 Å². The lowest BCUT2D eigenvalue weighted by atomic mass is 9.94. The molecule has 0 saturated heterocycles. The van der Waals surface area contributed by atoms with Crippen LogP contribution in [0.3, 0.4) is 0 Å². The summed E-state index contributed by atoms with van der Waals surface area (Å²) in [6.45, 7) is 4.75. The van der Waals surface area contributed by atoms with Gasteiger partial charge >= 0.3 is 0 Å². The number of rotatable bonds is 7. The Morgan fingerprint density at radius 3 is 2.40 bits per heavy atom. The van der Waals surface area contributed by atoms with E-state index in [1.165, 1.54) is 63.6 Å². The summed E-state index contributed by atoms with van der Waals surface area (Å²) in [7, 11) is 1.72. The second kappa shape index (κ2) is 8.31. The first kappa shape index (κ1) is 15.4. The largest absolute Gasteiger partial charge is 0.497 e. The van der Waals surface area contributed by atoms with Crippen molar-refractivity contribution < 1.29 is 4.74 Å². The number of benzene rings is 1. The summed E-state index contributed by atoms with van der Waals surface area (Å²) in [5, 5.41) is 0. The Kier molecular flexibility index (Phi) is 6.38. The molecule has 0 spiro atoms. The molecule has 2 heteroatoms. The lowest BCUT2D eigenvalue weighted by Gasteiger charge is -2.33. The first-order chi connectivity index (χ1) is 9.83. The third-order valence-corrected chi connectivity index (χ3v) is 4.57. The van der Waals surface area contributed by atoms with Crippen LogP contribution in [0.15, 0.2) is 24.3 Å². The van der Waals surface area contributed by atoms with Crippen LogP contribution < -0.4 is 4.74 Å². The third kappa shape index (κ3) is 4.52. The standard InChI is InChI=1S/C18H29NO/c1-3-19(17-9-5-4-6-10-17)15-7-8-16-11-13-18(20-2)14-12-16/h11-14,17H,3-10,15H2,1-2H3. The van der Waals surface area contributed by atoms with Crippen LogP contribution in [0, 0.1) is 0 Å². The molecule has 0 N–H and O–H groups in total. The minimum absolute atomic E-state index is 0.851. The van der Waals surface area contributed by atoms with Crippen LogP contribution in [-0.2, 0) is 6.42 Å². The molecule has 0 aliphatic heterocycles. The lowest BCUT2D eigenvalue weighted by molar-refractivity contribution is 0.162. The molecule has 112 valence electrons. The van der Waals surface area contributed by atoms with Crippen LogP contribution in [0.2, 0.25) is 0 Å². The van der Waals surface area contributed by atoms with E-state index in [0.717, 1.165) is 11.8 Å². The van der Waals surface area contributed by atoms with Gasteiger partial charge in [-0.25, -0.2) is 0 Å². The van der Waals surface area contributed by atoms with Crippen LogP contribution in [0.25, 0.3) is 0 Å². The van der Waals surface area contributed by atoms with Gasteiger partial charge in [-0.2, -0.15) is 0 Å². The second-order valence-electron chi connectivity index (χ2n) is 5.87. The van der Waals surface area contributed by atoms with E-state index >= 15 is 0 Å². The zero-order chi connectivity index (χ0) is 14.2. The van der Waals surface area contributed by atoms with E-state index in [9.17, 15) is 0 Å². The van der Waals surface area contributed by atoms with Crippen molar-refractivity contribution in [3.05, 3.63) is 29.8 Å². The molecule has 1 aliphatic rings. The highest BCUT2D eigenvalue weighted by Crippen LogP contribution is 2.22. The molecule has 0 aromatic heterocycles. The normalized spacial score (nSPS) is 16.6. The van der Waals surface area contributed by atoms with Crippen LogP contribution in [0.4, 0.5) is 0 Å². The number of hydrogen-bond acceptors (Lipinski definition) is 2. The summed E-state index contributed by atoms with van der Waals surface area (Å²) in [4.78, 5) is 2.70. The summed E-state index contributed by atoms with van der Waals surface area (Å²) < 4.78 is 5.20. The van der Waals surface area contributed by atoms with Gasteiger partial charge in [0.1, 0.15) is 5.75 Å². The molecule has 0 radical (unpaired) electrons. The van der Waals surface area contributed by atoms with E-state index < -0.39 is 0 Å². The Morgan fingerprint density at radius 1 is 1.10 bits per heavy atom. The van der Waals surface area contributed by atoms with Crippen LogP contribution in [0.5, 0.6) is 5.75 Å². The SMILES string of the molecule is CCN(CCCc1ccc(OC)cc1)C1CCCCC1. The highest BCUT2D eigenvalue weighted by molar-refractivity contribution is 5.27. The Balaban J connectivity index is 1.74. The molecule has 0 heterocycles. The van der Waals surface area contributed by atoms with Crippen molar-refractivity contribution in [2.24, 2.45) is 0 Å². The van der Waals surface area contributed by atoms with Crippen molar-refractivity contribution in [1.29, 1.82) is 0 Å². The summed E-state index contributed by atoms with van der Waals surface area (Å²) in [6, 6.07) is 9.36. The summed E-state index contributed by atoms with van der Waals surface area (Å²) >= 11 is 0. The fourth-order valence-corrected chi connectivity index (χ4v) is 3.32. The molecule has 0 amide bonds. The van der Waals surface area contributed by atoms with Crippen molar-refractivity contribution >= 4 is 0 Å². The maximum absolute atomic E-state index is 5.20. The van der Waals surface area contributed by atoms with E-state index in [2.05, 4.69) is 36.1 Å². The molecule has 1 aromatic rings. The molecule has 0 atom stereocenters. The Bertz CT molecular complexity index is 368. The van der Waals surface area contributed by atoms with E-state index in [0.29, 0.717) is 0 Å². The molecule has 20 heavy (non-hydrogen) atoms. The van der Waals surface area contributed by atoms with Gasteiger partial charge in [-0.15, -0.1) is 0 Å². The van der Waals surface area contributed by atoms with Crippen molar-refractivity contribution in [2.45, 2.75) is 57.9 Å². The fourth-order valence-electron chi connectivity index (χ4n) is 3.32. The molecule has 1 fully saturated rings. The smallest absolute Gasteiger partial charge is 0.118 e. The quantitative estimate of drug-likeness (QED) is 0.736. The van der Waals surface area contributed by atoms with Crippen molar-refractivity contribution in [1.82, 2.24) is 4.90 Å². The number of ether oxygens (including phenoxy) is 1. The number of nitrogens with zero attached hydrogens (tertiary/aromatic N) is 1. The van der Waals surface area contributed by atoms with Gasteiger partial charge in [0.15, 0.2) is 0 Å². The molecule has 2 nitrogen and oxygen atoms in total. The Morgan fingerprint density at radius 2 is 1.80 bits per heavy atom. The minimum atomic E-state index is 0.851. The first-order valence-corrected chi connectivity index (χ1v) is 8.20. The van der Waals surface area contributed by atoms with Gasteiger partial charge in [0.2, 0.25) is 0 Å². The van der Waals surface area contributed by atoms with Crippen molar-refractivity contribution in [3.63, 3.8) is 0 Å². The molecular formula is C18H29NO. The van der Waals surface area contributed by atoms with Crippen LogP contribution in [0.1, 0.15) is 51.0 Å². The molecule has 1 saturated carbocycles. The predicted octanol–water partition coefficient (Wildman–Crippen LogP) is 4.28. The number of methoxy groups -OCH3 is 1. The lowest BCUT2D eigenvalue weighted by Crippen LogP contribution is -2.37. The maximum atomic E-state index is 5.20. The van der Waals surface area contributed by atoms with Crippen molar-refractivity contribution in [2.75, 3.05) is 20.2 Å². The molecule has 1 aliphatic carbocycles. The summed E-state index contributed by atoms with van der Waals surface area (Å²) in [5.41, 5.74) is 1.42. The van der Waals surface area contributed by atoms with Gasteiger partial charge < -0.3 is 9.64 Å². The fraction of sp³-hybridized carbons (Fsp3) is 0.667. The molecule has 0 unspecified atom stereocenters. The van der Waals surface area contributed by atoms with E-state index in [4.69, 9.17) is 4.74 Å². The van der Waals surface area contributed by atoms with Crippen LogP contribution >= 0.6 is 0 Å². The molecule has 2 rings (SSSR count). The van der Waals surface area contributed by atoms with Crippen molar-refractivity contribution in [3.8, 4) is 5.75 Å². The highest BCUT2D eigenvalue weighted by atomic mass is 16.5. The monoisotopic (exact) mass is 275 g/mol. The second-order valence-corrected chi connectivity index (χ2v) is 5.87. The summed E-state index contributed by atoms with van der Waals surface area (Å²) in [5.74, 6) is 0.950. The number of aryl methyl sites for hydroxylation is 1. The van der Waals surface area contributed by atoms with E-state index in [-0.39, 0.29) is 0 Å². The summed E-state index contributed by atoms with van der Waals surface area (Å²) in [6.07, 6.45) is 9.57. The van der Waals surface area contributed by atoms with Gasteiger partial charge in [-0.1, -0.05) is 38.3 Å². The van der Waals surface area contributed by atoms with Gasteiger partial charge in [0, 0.05) is 6.04 Å². The third-order valence-electron chi connectivity index (χ3n) is 4.57. The molecule has 0 bridgehead atoms. The van der Waals surface area contributed by atoms with Gasteiger partial charge in [0.25, 0.3) is 0 Å². The molecule has 1 aromatic carbocycles. The highest BCUT2D eigenvalue weighted by Gasteiger charge is 2.19. The molecular weight excluding hydrogens is 246 g/mol. The first-order valence-electron chi connectivity index (χ1n) is 8.20. The average Bonchev–Trinajstić information content (AvgIpc) is 2.53. The van der Waals surface area contributed by atoms with Gasteiger partial charge in [-0.05, 0) is 56.5 Å². The van der Waals surface area contributed by atoms with Crippen LogP contribution in [-0.4, -0.2) is 31.1 Å². The van der Waals surface area contributed by atoms with E-state index in [1.54, 1.807) is 7.11 Å². The number of hydrogen-bond donors (Lipinski definition) is 0. The zero-order valence-corrected chi connectivity index (χ0v) is 13.1. The van der Waals surface area contributed by atoms with E-state index in [1.807, 2.05) is 0 Å². The predicted molar refractivity (Wildman–Crippen MR) is 85.4 cm³/mol. The average molecular weight is 275 g/mol. The maximum Gasteiger partial charge on any atom is 0.118 e.